The molecule has 1 amide bonds. The quantitative estimate of drug-likeness (QED) is 0.238. The van der Waals surface area contributed by atoms with Crippen LogP contribution >= 0.6 is 0 Å². The number of methoxy groups -OCH3 is 1. The van der Waals surface area contributed by atoms with Crippen molar-refractivity contribution < 1.29 is 41.8 Å². The number of nitrogens with one attached hydrogen (secondary N) is 1. The van der Waals surface area contributed by atoms with Crippen LogP contribution in [0.25, 0.3) is 0 Å². The third-order valence-electron chi connectivity index (χ3n) is 9.71. The first-order valence-electron chi connectivity index (χ1n) is 15.2. The number of rotatable bonds is 6. The maximum Gasteiger partial charge on any atom is 0.432 e. The lowest BCUT2D eigenvalue weighted by molar-refractivity contribution is -0.278. The lowest BCUT2D eigenvalue weighted by Gasteiger charge is -2.45. The number of benzene rings is 1. The van der Waals surface area contributed by atoms with Crippen molar-refractivity contribution in [3.05, 3.63) is 59.2 Å². The van der Waals surface area contributed by atoms with Gasteiger partial charge in [-0.25, -0.2) is 4.79 Å². The molecule has 3 aliphatic rings. The van der Waals surface area contributed by atoms with Gasteiger partial charge >= 0.3 is 12.1 Å². The van der Waals surface area contributed by atoms with Crippen molar-refractivity contribution in [3.63, 3.8) is 0 Å². The molecule has 4 rings (SSSR count). The number of ketones is 2. The lowest BCUT2D eigenvalue weighted by Crippen LogP contribution is -2.53. The zero-order chi connectivity index (χ0) is 32.6. The molecule has 1 N–H and O–H groups in total. The normalized spacial score (nSPS) is 32.3. The van der Waals surface area contributed by atoms with E-state index >= 15 is 0 Å². The first kappa shape index (κ1) is 33.6. The maximum absolute atomic E-state index is 14.5. The highest BCUT2D eigenvalue weighted by Crippen LogP contribution is 2.55. The Hall–Kier alpha value is -3.27. The van der Waals surface area contributed by atoms with Crippen molar-refractivity contribution in [2.45, 2.75) is 90.6 Å². The van der Waals surface area contributed by atoms with Crippen LogP contribution in [0.15, 0.2) is 53.6 Å². The van der Waals surface area contributed by atoms with Crippen molar-refractivity contribution >= 4 is 23.4 Å². The van der Waals surface area contributed by atoms with Crippen LogP contribution in [0, 0.1) is 29.1 Å². The van der Waals surface area contributed by atoms with Gasteiger partial charge < -0.3 is 14.8 Å². The molecule has 1 aromatic carbocycles. The Morgan fingerprint density at radius 1 is 1.05 bits per heavy atom. The van der Waals surface area contributed by atoms with Gasteiger partial charge in [-0.3, -0.25) is 14.4 Å². The zero-order valence-corrected chi connectivity index (χ0v) is 26.1. The average Bonchev–Trinajstić information content (AvgIpc) is 3.23. The monoisotopic (exact) mass is 617 g/mol. The molecule has 0 aromatic heterocycles. The minimum atomic E-state index is -5.20. The Labute approximate surface area is 256 Å². The number of carbonyl (C=O) groups excluding carboxylic acids is 4. The van der Waals surface area contributed by atoms with Crippen molar-refractivity contribution in [2.75, 3.05) is 7.11 Å². The lowest BCUT2D eigenvalue weighted by atomic mass is 9.54. The largest absolute Gasteiger partial charge is 0.452 e. The van der Waals surface area contributed by atoms with Crippen LogP contribution in [-0.2, 0) is 34.3 Å². The molecule has 1 fully saturated rings. The van der Waals surface area contributed by atoms with E-state index in [9.17, 15) is 32.3 Å². The topological polar surface area (TPSA) is 98.8 Å². The number of Topliss-reactive ketones (excluding diaryl/α,β-unsaturated/α-hetero) is 2. The summed E-state index contributed by atoms with van der Waals surface area (Å²) in [5.74, 6) is -3.85. The van der Waals surface area contributed by atoms with E-state index in [-0.39, 0.29) is 61.2 Å². The van der Waals surface area contributed by atoms with Crippen LogP contribution in [0.1, 0.15) is 72.3 Å². The molecule has 1 aromatic rings. The molecule has 0 bridgehead atoms. The number of hydrogen-bond acceptors (Lipinski definition) is 6. The van der Waals surface area contributed by atoms with Crippen LogP contribution in [0.5, 0.6) is 0 Å². The molecule has 0 saturated carbocycles. The average molecular weight is 618 g/mol. The molecule has 1 aliphatic heterocycles. The number of halogens is 3. The highest BCUT2D eigenvalue weighted by Gasteiger charge is 2.66. The van der Waals surface area contributed by atoms with Gasteiger partial charge in [-0.05, 0) is 44.9 Å². The molecule has 2 aliphatic carbocycles. The van der Waals surface area contributed by atoms with Gasteiger partial charge in [0, 0.05) is 43.4 Å². The fraction of sp³-hybridized carbons (Fsp3) is 0.588. The van der Waals surface area contributed by atoms with E-state index in [2.05, 4.69) is 19.2 Å². The van der Waals surface area contributed by atoms with Crippen LogP contribution in [0.3, 0.4) is 0 Å². The standard InChI is InChI=1S/C34H42F3NO6/c1-19(2)16-25-29-22(5)21(4)18-24-17-20(3)12-14-27(26(39)13-15-28(40)32(24,29)30(41)38-25)44-31(42)33(43-6,34(35,36)37)23-10-8-7-9-11-23/h7-11,17-19,22,24-25,27,29H,12-16H2,1-6H3,(H,38,41)/b20-17+/t22-,24+,25+,27-,29+,32-,33+/m1/s1. The summed E-state index contributed by atoms with van der Waals surface area (Å²) in [6.07, 6.45) is -2.79. The highest BCUT2D eigenvalue weighted by molar-refractivity contribution is 6.10. The summed E-state index contributed by atoms with van der Waals surface area (Å²) in [5.41, 5.74) is -3.55. The number of ether oxygens (including phenoxy) is 2. The van der Waals surface area contributed by atoms with E-state index in [1.807, 2.05) is 26.0 Å². The second-order valence-electron chi connectivity index (χ2n) is 12.9. The van der Waals surface area contributed by atoms with E-state index in [0.29, 0.717) is 6.42 Å². The molecule has 1 saturated heterocycles. The summed E-state index contributed by atoms with van der Waals surface area (Å²) in [6, 6.07) is 6.17. The van der Waals surface area contributed by atoms with E-state index in [0.717, 1.165) is 30.4 Å². The van der Waals surface area contributed by atoms with Crippen LogP contribution in [0.2, 0.25) is 0 Å². The van der Waals surface area contributed by atoms with Gasteiger partial charge in [0.2, 0.25) is 5.91 Å². The summed E-state index contributed by atoms with van der Waals surface area (Å²) in [7, 11) is 0.764. The number of esters is 1. The Morgan fingerprint density at radius 2 is 1.70 bits per heavy atom. The van der Waals surface area contributed by atoms with Crippen LogP contribution in [-0.4, -0.2) is 48.9 Å². The summed E-state index contributed by atoms with van der Waals surface area (Å²) >= 11 is 0. The van der Waals surface area contributed by atoms with E-state index in [1.165, 1.54) is 18.2 Å². The van der Waals surface area contributed by atoms with Gasteiger partial charge in [0.15, 0.2) is 11.9 Å². The van der Waals surface area contributed by atoms with Crippen molar-refractivity contribution in [2.24, 2.45) is 29.1 Å². The fourth-order valence-electron chi connectivity index (χ4n) is 7.44. The van der Waals surface area contributed by atoms with Crippen molar-refractivity contribution in [1.29, 1.82) is 0 Å². The summed E-state index contributed by atoms with van der Waals surface area (Å²) in [4.78, 5) is 55.0. The third kappa shape index (κ3) is 5.66. The number of alkyl halides is 3. The first-order valence-corrected chi connectivity index (χ1v) is 15.2. The Bertz CT molecular complexity index is 1350. The predicted octanol–water partition coefficient (Wildman–Crippen LogP) is 6.02. The fourth-order valence-corrected chi connectivity index (χ4v) is 7.44. The predicted molar refractivity (Wildman–Crippen MR) is 157 cm³/mol. The van der Waals surface area contributed by atoms with Gasteiger partial charge in [-0.1, -0.05) is 74.4 Å². The molecule has 7 atom stereocenters. The second kappa shape index (κ2) is 12.6. The molecule has 1 spiro atoms. The molecule has 7 nitrogen and oxygen atoms in total. The maximum atomic E-state index is 14.5. The van der Waals surface area contributed by atoms with Crippen LogP contribution < -0.4 is 5.32 Å². The smallest absolute Gasteiger partial charge is 0.432 e. The zero-order valence-electron chi connectivity index (χ0n) is 26.1. The molecule has 10 heteroatoms. The minimum Gasteiger partial charge on any atom is -0.452 e. The van der Waals surface area contributed by atoms with Crippen LogP contribution in [0.4, 0.5) is 13.2 Å². The number of hydrogen-bond donors (Lipinski definition) is 1. The molecule has 1 heterocycles. The van der Waals surface area contributed by atoms with Crippen molar-refractivity contribution in [3.8, 4) is 0 Å². The van der Waals surface area contributed by atoms with Gasteiger partial charge in [0.05, 0.1) is 0 Å². The summed E-state index contributed by atoms with van der Waals surface area (Å²) in [6.45, 7) is 9.92. The van der Waals surface area contributed by atoms with E-state index in [4.69, 9.17) is 9.47 Å². The molecule has 0 radical (unpaired) electrons. The molecular formula is C34H42F3NO6. The molecule has 44 heavy (non-hydrogen) atoms. The second-order valence-corrected chi connectivity index (χ2v) is 12.9. The summed E-state index contributed by atoms with van der Waals surface area (Å²) < 4.78 is 53.7. The van der Waals surface area contributed by atoms with E-state index < -0.39 is 46.5 Å². The highest BCUT2D eigenvalue weighted by atomic mass is 19.4. The Kier molecular flexibility index (Phi) is 9.64. The van der Waals surface area contributed by atoms with Crippen molar-refractivity contribution in [1.82, 2.24) is 5.32 Å². The molecule has 0 unspecified atom stereocenters. The third-order valence-corrected chi connectivity index (χ3v) is 9.71. The van der Waals surface area contributed by atoms with E-state index in [1.54, 1.807) is 6.92 Å². The first-order chi connectivity index (χ1) is 20.6. The van der Waals surface area contributed by atoms with Gasteiger partial charge in [0.1, 0.15) is 11.2 Å². The number of carbonyl (C=O) groups is 4. The number of amides is 1. The minimum absolute atomic E-state index is 0.0661. The van der Waals surface area contributed by atoms with Gasteiger partial charge in [-0.2, -0.15) is 13.2 Å². The Morgan fingerprint density at radius 3 is 2.30 bits per heavy atom. The Balaban J connectivity index is 1.71. The molecular weight excluding hydrogens is 575 g/mol. The van der Waals surface area contributed by atoms with Gasteiger partial charge in [0.25, 0.3) is 5.60 Å². The SMILES string of the molecule is CO[C@](C(=O)O[C@@H]1CC/C(C)=C/[C@H]2C=C(C)[C@@H](C)[C@H]3[C@H](CC(C)C)NC(=O)[C@]32C(=O)CCC1=O)(c1ccccc1)C(F)(F)F. The van der Waals surface area contributed by atoms with Gasteiger partial charge in [-0.15, -0.1) is 0 Å². The number of allylic oxidation sites excluding steroid dienone is 4. The summed E-state index contributed by atoms with van der Waals surface area (Å²) in [5, 5.41) is 3.11. The molecule has 240 valence electrons.